The molecule has 0 amide bonds. The van der Waals surface area contributed by atoms with Crippen molar-refractivity contribution >= 4 is 15.9 Å². The third kappa shape index (κ3) is 1.43. The van der Waals surface area contributed by atoms with Gasteiger partial charge in [-0.05, 0) is 29.3 Å². The second-order valence-electron chi connectivity index (χ2n) is 3.46. The van der Waals surface area contributed by atoms with Crippen molar-refractivity contribution in [3.63, 3.8) is 0 Å². The first-order valence-electron chi connectivity index (χ1n) is 4.70. The van der Waals surface area contributed by atoms with E-state index in [1.807, 2.05) is 12.1 Å². The molecular weight excluding hydrogens is 254 g/mol. The molecule has 0 bridgehead atoms. The van der Waals surface area contributed by atoms with Gasteiger partial charge in [0.15, 0.2) is 0 Å². The number of ether oxygens (including phenoxy) is 1. The van der Waals surface area contributed by atoms with Crippen LogP contribution in [0.5, 0.6) is 5.75 Å². The molecule has 0 radical (unpaired) electrons. The highest BCUT2D eigenvalue weighted by Crippen LogP contribution is 2.37. The zero-order valence-corrected chi connectivity index (χ0v) is 9.49. The number of pyridine rings is 1. The van der Waals surface area contributed by atoms with E-state index >= 15 is 0 Å². The molecule has 1 aromatic heterocycles. The predicted octanol–water partition coefficient (Wildman–Crippen LogP) is 3.40. The molecule has 0 spiro atoms. The SMILES string of the molecule is Brc1ccc2c(c1)COc1cnccc1-2. The Morgan fingerprint density at radius 2 is 2.13 bits per heavy atom. The molecule has 2 nitrogen and oxygen atoms in total. The highest BCUT2D eigenvalue weighted by atomic mass is 79.9. The van der Waals surface area contributed by atoms with Crippen molar-refractivity contribution in [1.82, 2.24) is 4.98 Å². The van der Waals surface area contributed by atoms with E-state index in [0.717, 1.165) is 15.8 Å². The summed E-state index contributed by atoms with van der Waals surface area (Å²) >= 11 is 3.46. The summed E-state index contributed by atoms with van der Waals surface area (Å²) < 4.78 is 6.71. The van der Waals surface area contributed by atoms with Crippen LogP contribution in [-0.4, -0.2) is 4.98 Å². The van der Waals surface area contributed by atoms with Gasteiger partial charge < -0.3 is 4.74 Å². The number of halogens is 1. The van der Waals surface area contributed by atoms with Crippen LogP contribution in [0.4, 0.5) is 0 Å². The minimum absolute atomic E-state index is 0.619. The van der Waals surface area contributed by atoms with Gasteiger partial charge in [0.25, 0.3) is 0 Å². The van der Waals surface area contributed by atoms with Crippen LogP contribution in [0, 0.1) is 0 Å². The Kier molecular flexibility index (Phi) is 1.99. The van der Waals surface area contributed by atoms with E-state index in [1.54, 1.807) is 12.4 Å². The largest absolute Gasteiger partial charge is 0.487 e. The summed E-state index contributed by atoms with van der Waals surface area (Å²) in [5.41, 5.74) is 3.57. The van der Waals surface area contributed by atoms with Gasteiger partial charge >= 0.3 is 0 Å². The van der Waals surface area contributed by atoms with E-state index in [0.29, 0.717) is 6.61 Å². The average Bonchev–Trinajstić information content (AvgIpc) is 2.28. The van der Waals surface area contributed by atoms with Gasteiger partial charge in [0.05, 0.1) is 6.20 Å². The first kappa shape index (κ1) is 8.92. The van der Waals surface area contributed by atoms with Crippen LogP contribution >= 0.6 is 15.9 Å². The fraction of sp³-hybridized carbons (Fsp3) is 0.0833. The van der Waals surface area contributed by atoms with Crippen molar-refractivity contribution < 1.29 is 4.74 Å². The maximum absolute atomic E-state index is 5.62. The van der Waals surface area contributed by atoms with E-state index in [-0.39, 0.29) is 0 Å². The minimum Gasteiger partial charge on any atom is -0.487 e. The normalized spacial score (nSPS) is 12.6. The monoisotopic (exact) mass is 261 g/mol. The van der Waals surface area contributed by atoms with E-state index in [1.165, 1.54) is 11.1 Å². The summed E-state index contributed by atoms with van der Waals surface area (Å²) in [6.07, 6.45) is 3.56. The van der Waals surface area contributed by atoms with Crippen LogP contribution in [0.1, 0.15) is 5.56 Å². The van der Waals surface area contributed by atoms with Crippen LogP contribution in [-0.2, 0) is 6.61 Å². The lowest BCUT2D eigenvalue weighted by Gasteiger charge is -2.20. The average molecular weight is 262 g/mol. The Balaban J connectivity index is 2.26. The van der Waals surface area contributed by atoms with Gasteiger partial charge in [-0.1, -0.05) is 22.0 Å². The molecule has 0 atom stereocenters. The van der Waals surface area contributed by atoms with E-state index in [4.69, 9.17) is 4.74 Å². The maximum atomic E-state index is 5.62. The molecule has 0 fully saturated rings. The molecule has 3 rings (SSSR count). The van der Waals surface area contributed by atoms with Gasteiger partial charge in [0.1, 0.15) is 12.4 Å². The number of nitrogens with zero attached hydrogens (tertiary/aromatic N) is 1. The number of fused-ring (bicyclic) bond motifs is 3. The van der Waals surface area contributed by atoms with Crippen molar-refractivity contribution in [3.05, 3.63) is 46.7 Å². The topological polar surface area (TPSA) is 22.1 Å². The molecule has 2 heterocycles. The molecule has 2 aromatic rings. The molecule has 1 aliphatic rings. The molecule has 3 heteroatoms. The lowest BCUT2D eigenvalue weighted by atomic mass is 9.98. The first-order chi connectivity index (χ1) is 7.34. The summed E-state index contributed by atoms with van der Waals surface area (Å²) in [4.78, 5) is 4.05. The molecule has 0 saturated heterocycles. The Bertz CT molecular complexity index is 525. The summed E-state index contributed by atoms with van der Waals surface area (Å²) in [6.45, 7) is 0.619. The van der Waals surface area contributed by atoms with Gasteiger partial charge in [0.2, 0.25) is 0 Å². The first-order valence-corrected chi connectivity index (χ1v) is 5.49. The van der Waals surface area contributed by atoms with Gasteiger partial charge in [-0.15, -0.1) is 0 Å². The maximum Gasteiger partial charge on any atom is 0.145 e. The van der Waals surface area contributed by atoms with Crippen molar-refractivity contribution in [2.75, 3.05) is 0 Å². The standard InChI is InChI=1S/C12H8BrNO/c13-9-1-2-10-8(5-9)7-15-12-6-14-4-3-11(10)12/h1-6H,7H2. The Labute approximate surface area is 96.0 Å². The number of aromatic nitrogens is 1. The molecular formula is C12H8BrNO. The van der Waals surface area contributed by atoms with Crippen LogP contribution in [0.2, 0.25) is 0 Å². The quantitative estimate of drug-likeness (QED) is 0.725. The zero-order chi connectivity index (χ0) is 10.3. The lowest BCUT2D eigenvalue weighted by Crippen LogP contribution is -2.05. The van der Waals surface area contributed by atoms with Crippen molar-refractivity contribution in [2.45, 2.75) is 6.61 Å². The molecule has 0 aliphatic carbocycles. The number of hydrogen-bond acceptors (Lipinski definition) is 2. The molecule has 1 aromatic carbocycles. The number of rotatable bonds is 0. The summed E-state index contributed by atoms with van der Waals surface area (Å²) in [6, 6.07) is 8.25. The molecule has 0 saturated carbocycles. The second-order valence-corrected chi connectivity index (χ2v) is 4.38. The summed E-state index contributed by atoms with van der Waals surface area (Å²) in [5, 5.41) is 0. The number of hydrogen-bond donors (Lipinski definition) is 0. The van der Waals surface area contributed by atoms with Gasteiger partial charge in [-0.2, -0.15) is 0 Å². The third-order valence-corrected chi connectivity index (χ3v) is 3.02. The fourth-order valence-corrected chi connectivity index (χ4v) is 2.23. The van der Waals surface area contributed by atoms with Gasteiger partial charge in [0, 0.05) is 16.2 Å². The van der Waals surface area contributed by atoms with E-state index in [9.17, 15) is 0 Å². The smallest absolute Gasteiger partial charge is 0.145 e. The molecule has 0 N–H and O–H groups in total. The van der Waals surface area contributed by atoms with Crippen LogP contribution < -0.4 is 4.74 Å². The predicted molar refractivity (Wildman–Crippen MR) is 61.7 cm³/mol. The Hall–Kier alpha value is -1.35. The Morgan fingerprint density at radius 3 is 3.07 bits per heavy atom. The van der Waals surface area contributed by atoms with Crippen LogP contribution in [0.25, 0.3) is 11.1 Å². The molecule has 15 heavy (non-hydrogen) atoms. The van der Waals surface area contributed by atoms with Crippen molar-refractivity contribution in [1.29, 1.82) is 0 Å². The minimum atomic E-state index is 0.619. The lowest BCUT2D eigenvalue weighted by molar-refractivity contribution is 0.301. The van der Waals surface area contributed by atoms with Gasteiger partial charge in [-0.3, -0.25) is 4.98 Å². The van der Waals surface area contributed by atoms with Gasteiger partial charge in [-0.25, -0.2) is 0 Å². The van der Waals surface area contributed by atoms with Crippen LogP contribution in [0.15, 0.2) is 41.1 Å². The Morgan fingerprint density at radius 1 is 1.20 bits per heavy atom. The van der Waals surface area contributed by atoms with Crippen molar-refractivity contribution in [3.8, 4) is 16.9 Å². The van der Waals surface area contributed by atoms with E-state index < -0.39 is 0 Å². The zero-order valence-electron chi connectivity index (χ0n) is 7.90. The highest BCUT2D eigenvalue weighted by Gasteiger charge is 2.16. The van der Waals surface area contributed by atoms with Crippen molar-refractivity contribution in [2.24, 2.45) is 0 Å². The fourth-order valence-electron chi connectivity index (χ4n) is 1.82. The molecule has 0 unspecified atom stereocenters. The highest BCUT2D eigenvalue weighted by molar-refractivity contribution is 9.10. The third-order valence-electron chi connectivity index (χ3n) is 2.53. The molecule has 74 valence electrons. The summed E-state index contributed by atoms with van der Waals surface area (Å²) in [7, 11) is 0. The van der Waals surface area contributed by atoms with Crippen LogP contribution in [0.3, 0.4) is 0 Å². The number of benzene rings is 1. The summed E-state index contributed by atoms with van der Waals surface area (Å²) in [5.74, 6) is 0.868. The van der Waals surface area contributed by atoms with E-state index in [2.05, 4.69) is 33.0 Å². The second kappa shape index (κ2) is 3.35. The molecule has 1 aliphatic heterocycles.